The van der Waals surface area contributed by atoms with Crippen molar-refractivity contribution in [2.24, 2.45) is 5.92 Å². The Labute approximate surface area is 166 Å². The highest BCUT2D eigenvalue weighted by Crippen LogP contribution is 2.36. The topological polar surface area (TPSA) is 131 Å². The van der Waals surface area contributed by atoms with Crippen LogP contribution in [-0.2, 0) is 20.8 Å². The number of carboxylic acid groups (broad SMARTS) is 2. The minimum absolute atomic E-state index is 0.134. The lowest BCUT2D eigenvalue weighted by molar-refractivity contribution is -0.135. The molecule has 1 aliphatic heterocycles. The van der Waals surface area contributed by atoms with Gasteiger partial charge in [-0.15, -0.1) is 0 Å². The van der Waals surface area contributed by atoms with Gasteiger partial charge in [-0.3, -0.25) is 4.79 Å². The first-order valence-electron chi connectivity index (χ1n) is 8.95. The summed E-state index contributed by atoms with van der Waals surface area (Å²) in [6.45, 7) is 1.77. The molecule has 0 saturated heterocycles. The third-order valence-electron chi connectivity index (χ3n) is 5.01. The van der Waals surface area contributed by atoms with Crippen LogP contribution in [0.25, 0.3) is 0 Å². The van der Waals surface area contributed by atoms with E-state index in [4.69, 9.17) is 9.84 Å². The number of hydrogen-bond acceptors (Lipinski definition) is 5. The van der Waals surface area contributed by atoms with Gasteiger partial charge in [0, 0.05) is 24.1 Å². The maximum Gasteiger partial charge on any atom is 0.333 e. The van der Waals surface area contributed by atoms with Crippen LogP contribution < -0.4 is 10.1 Å². The number of nitrogens with one attached hydrogen (secondary N) is 1. The second kappa shape index (κ2) is 8.17. The summed E-state index contributed by atoms with van der Waals surface area (Å²) in [5.41, 5.74) is 1.58. The monoisotopic (exact) mass is 399 g/mol. The fourth-order valence-electron chi connectivity index (χ4n) is 3.59. The van der Waals surface area contributed by atoms with Crippen molar-refractivity contribution in [1.29, 1.82) is 0 Å². The number of para-hydroxylation sites is 2. The van der Waals surface area contributed by atoms with Crippen molar-refractivity contribution in [2.75, 3.05) is 12.4 Å². The number of aryl methyl sites for hydroxylation is 1. The van der Waals surface area contributed by atoms with E-state index in [-0.39, 0.29) is 17.9 Å². The van der Waals surface area contributed by atoms with Crippen molar-refractivity contribution < 1.29 is 29.3 Å². The Morgan fingerprint density at radius 3 is 2.66 bits per heavy atom. The summed E-state index contributed by atoms with van der Waals surface area (Å²) in [5, 5.41) is 21.5. The standard InChI is InChI=1S/C20H21N3O6/c1-11-15-7-12(19(26)22-14-5-3-4-6-17(14)29-2)8-16(23(15)10-21-11)13(20(27)28)9-18(24)25/h3-6,9-10,12,16H,7-8H2,1-2H3,(H,22,26)(H,24,25)(H,27,28)/b13-9-. The van der Waals surface area contributed by atoms with Crippen LogP contribution >= 0.6 is 0 Å². The molecule has 152 valence electrons. The van der Waals surface area contributed by atoms with Crippen LogP contribution in [0, 0.1) is 12.8 Å². The van der Waals surface area contributed by atoms with Crippen molar-refractivity contribution in [3.05, 3.63) is 53.6 Å². The molecule has 2 unspecified atom stereocenters. The van der Waals surface area contributed by atoms with Crippen LogP contribution in [-0.4, -0.2) is 44.7 Å². The highest BCUT2D eigenvalue weighted by Gasteiger charge is 2.36. The fraction of sp³-hybridized carbons (Fsp3) is 0.300. The molecule has 2 aromatic rings. The van der Waals surface area contributed by atoms with Crippen molar-refractivity contribution >= 4 is 23.5 Å². The van der Waals surface area contributed by atoms with Crippen molar-refractivity contribution in [3.63, 3.8) is 0 Å². The van der Waals surface area contributed by atoms with Crippen molar-refractivity contribution in [2.45, 2.75) is 25.8 Å². The SMILES string of the molecule is COc1ccccc1NC(=O)C1Cc2c(C)ncn2C(/C(=C/C(=O)O)C(=O)O)C1. The maximum atomic E-state index is 13.0. The average molecular weight is 399 g/mol. The first kappa shape index (κ1) is 20.1. The van der Waals surface area contributed by atoms with Gasteiger partial charge in [-0.25, -0.2) is 14.6 Å². The molecule has 0 radical (unpaired) electrons. The first-order valence-corrected chi connectivity index (χ1v) is 8.95. The molecule has 0 spiro atoms. The molecule has 0 fully saturated rings. The van der Waals surface area contributed by atoms with Crippen molar-refractivity contribution in [1.82, 2.24) is 9.55 Å². The Morgan fingerprint density at radius 1 is 1.28 bits per heavy atom. The minimum Gasteiger partial charge on any atom is -0.495 e. The number of amides is 1. The Bertz CT molecular complexity index is 994. The van der Waals surface area contributed by atoms with Gasteiger partial charge in [-0.05, 0) is 25.5 Å². The summed E-state index contributed by atoms with van der Waals surface area (Å²) >= 11 is 0. The van der Waals surface area contributed by atoms with Crippen LogP contribution in [0.1, 0.15) is 23.9 Å². The van der Waals surface area contributed by atoms with Crippen LogP contribution in [0.4, 0.5) is 5.69 Å². The predicted molar refractivity (Wildman–Crippen MR) is 103 cm³/mol. The normalized spacial score (nSPS) is 18.6. The van der Waals surface area contributed by atoms with Gasteiger partial charge in [0.2, 0.25) is 5.91 Å². The van der Waals surface area contributed by atoms with E-state index in [1.165, 1.54) is 13.4 Å². The number of aromatic nitrogens is 2. The number of carbonyl (C=O) groups is 3. The third kappa shape index (κ3) is 4.13. The van der Waals surface area contributed by atoms with Crippen molar-refractivity contribution in [3.8, 4) is 5.75 Å². The summed E-state index contributed by atoms with van der Waals surface area (Å²) in [6.07, 6.45) is 2.66. The smallest absolute Gasteiger partial charge is 0.333 e. The molecule has 3 N–H and O–H groups in total. The number of benzene rings is 1. The third-order valence-corrected chi connectivity index (χ3v) is 5.01. The van der Waals surface area contributed by atoms with Gasteiger partial charge in [0.15, 0.2) is 0 Å². The molecular weight excluding hydrogens is 378 g/mol. The van der Waals surface area contributed by atoms with Gasteiger partial charge in [0.1, 0.15) is 5.75 Å². The molecule has 9 nitrogen and oxygen atoms in total. The number of aliphatic carboxylic acids is 2. The van der Waals surface area contributed by atoms with Crippen LogP contribution in [0.5, 0.6) is 5.75 Å². The molecule has 3 rings (SSSR count). The summed E-state index contributed by atoms with van der Waals surface area (Å²) in [5.74, 6) is -3.07. The van der Waals surface area contributed by atoms with E-state index >= 15 is 0 Å². The second-order valence-electron chi connectivity index (χ2n) is 6.77. The number of hydrogen-bond donors (Lipinski definition) is 3. The summed E-state index contributed by atoms with van der Waals surface area (Å²) < 4.78 is 6.89. The van der Waals surface area contributed by atoms with E-state index in [1.807, 2.05) is 0 Å². The molecule has 29 heavy (non-hydrogen) atoms. The van der Waals surface area contributed by atoms with E-state index in [0.717, 1.165) is 0 Å². The average Bonchev–Trinajstić information content (AvgIpc) is 3.06. The zero-order valence-corrected chi connectivity index (χ0v) is 16.0. The number of fused-ring (bicyclic) bond motifs is 1. The molecule has 2 atom stereocenters. The highest BCUT2D eigenvalue weighted by molar-refractivity contribution is 5.96. The summed E-state index contributed by atoms with van der Waals surface area (Å²) in [6, 6.07) is 6.15. The molecule has 0 saturated carbocycles. The zero-order chi connectivity index (χ0) is 21.1. The lowest BCUT2D eigenvalue weighted by Crippen LogP contribution is -2.34. The molecule has 0 aliphatic carbocycles. The molecule has 2 heterocycles. The summed E-state index contributed by atoms with van der Waals surface area (Å²) in [4.78, 5) is 40.0. The highest BCUT2D eigenvalue weighted by atomic mass is 16.5. The first-order chi connectivity index (χ1) is 13.8. The lowest BCUT2D eigenvalue weighted by Gasteiger charge is -2.31. The molecule has 0 bridgehead atoms. The zero-order valence-electron chi connectivity index (χ0n) is 16.0. The Kier molecular flexibility index (Phi) is 5.67. The number of nitrogens with zero attached hydrogens (tertiary/aromatic N) is 2. The Hall–Kier alpha value is -3.62. The molecule has 1 aromatic heterocycles. The molecule has 1 aromatic carbocycles. The predicted octanol–water partition coefficient (Wildman–Crippen LogP) is 2.04. The fourth-order valence-corrected chi connectivity index (χ4v) is 3.59. The van der Waals surface area contributed by atoms with E-state index in [9.17, 15) is 19.5 Å². The quantitative estimate of drug-likeness (QED) is 0.634. The molecule has 1 aliphatic rings. The second-order valence-corrected chi connectivity index (χ2v) is 6.77. The van der Waals surface area contributed by atoms with Gasteiger partial charge in [0.25, 0.3) is 0 Å². The van der Waals surface area contributed by atoms with Crippen LogP contribution in [0.15, 0.2) is 42.2 Å². The molecule has 9 heteroatoms. The number of rotatable bonds is 6. The van der Waals surface area contributed by atoms with Crippen LogP contribution in [0.2, 0.25) is 0 Å². The van der Waals surface area contributed by atoms with Gasteiger partial charge < -0.3 is 24.8 Å². The van der Waals surface area contributed by atoms with Gasteiger partial charge >= 0.3 is 11.9 Å². The number of imidazole rings is 1. The molecular formula is C20H21N3O6. The largest absolute Gasteiger partial charge is 0.495 e. The number of anilines is 1. The van der Waals surface area contributed by atoms with Crippen LogP contribution in [0.3, 0.4) is 0 Å². The molecule has 1 amide bonds. The van der Waals surface area contributed by atoms with E-state index in [1.54, 1.807) is 35.8 Å². The van der Waals surface area contributed by atoms with E-state index in [0.29, 0.717) is 35.3 Å². The number of ether oxygens (including phenoxy) is 1. The van der Waals surface area contributed by atoms with Gasteiger partial charge in [-0.1, -0.05) is 12.1 Å². The van der Waals surface area contributed by atoms with E-state index < -0.39 is 23.9 Å². The van der Waals surface area contributed by atoms with E-state index in [2.05, 4.69) is 10.3 Å². The minimum atomic E-state index is -1.36. The summed E-state index contributed by atoms with van der Waals surface area (Å²) in [7, 11) is 1.50. The number of carbonyl (C=O) groups excluding carboxylic acids is 1. The Balaban J connectivity index is 1.94. The van der Waals surface area contributed by atoms with Gasteiger partial charge in [0.05, 0.1) is 36.4 Å². The number of carboxylic acids is 2. The maximum absolute atomic E-state index is 13.0. The number of methoxy groups -OCH3 is 1. The lowest BCUT2D eigenvalue weighted by atomic mass is 9.86. The van der Waals surface area contributed by atoms with Gasteiger partial charge in [-0.2, -0.15) is 0 Å². The Morgan fingerprint density at radius 2 is 2.00 bits per heavy atom.